The Hall–Kier alpha value is -4.06. The zero-order valence-electron chi connectivity index (χ0n) is 20.6. The minimum absolute atomic E-state index is 0.0121. The van der Waals surface area contributed by atoms with Gasteiger partial charge in [0, 0.05) is 12.1 Å². The number of nitrogens with zero attached hydrogens (tertiary/aromatic N) is 1. The van der Waals surface area contributed by atoms with Crippen molar-refractivity contribution in [3.63, 3.8) is 0 Å². The van der Waals surface area contributed by atoms with Crippen LogP contribution in [0.4, 0.5) is 5.69 Å². The van der Waals surface area contributed by atoms with Gasteiger partial charge in [-0.05, 0) is 66.1 Å². The van der Waals surface area contributed by atoms with E-state index in [0.717, 1.165) is 22.4 Å². The Bertz CT molecular complexity index is 1370. The van der Waals surface area contributed by atoms with Crippen molar-refractivity contribution in [1.29, 1.82) is 5.26 Å². The van der Waals surface area contributed by atoms with E-state index in [9.17, 15) is 9.59 Å². The minimum Gasteiger partial charge on any atom is -0.489 e. The predicted octanol–water partition coefficient (Wildman–Crippen LogP) is 4.58. The SMILES string of the molecule is N#Cc1ccc(COc2ccc(CNc3c(Cl)ccc4c3CCNCC43OC(=O)CCC(=O)O3)cc2)cc1. The van der Waals surface area contributed by atoms with Crippen LogP contribution in [0.5, 0.6) is 5.75 Å². The van der Waals surface area contributed by atoms with Crippen LogP contribution in [0.3, 0.4) is 0 Å². The molecule has 0 aromatic heterocycles. The fourth-order valence-electron chi connectivity index (χ4n) is 4.60. The van der Waals surface area contributed by atoms with E-state index in [2.05, 4.69) is 16.7 Å². The molecule has 2 heterocycles. The van der Waals surface area contributed by atoms with Gasteiger partial charge < -0.3 is 24.8 Å². The first-order valence-corrected chi connectivity index (χ1v) is 12.7. The highest BCUT2D eigenvalue weighted by Crippen LogP contribution is 2.40. The molecular formula is C29H26ClN3O5. The summed E-state index contributed by atoms with van der Waals surface area (Å²) in [5.41, 5.74) is 4.77. The molecule has 8 nitrogen and oxygen atoms in total. The van der Waals surface area contributed by atoms with Gasteiger partial charge in [-0.25, -0.2) is 0 Å². The van der Waals surface area contributed by atoms with Crippen molar-refractivity contribution in [3.8, 4) is 11.8 Å². The van der Waals surface area contributed by atoms with Gasteiger partial charge >= 0.3 is 11.9 Å². The number of nitrogens with one attached hydrogen (secondary N) is 2. The Labute approximate surface area is 225 Å². The number of anilines is 1. The van der Waals surface area contributed by atoms with Crippen molar-refractivity contribution in [2.75, 3.05) is 18.4 Å². The van der Waals surface area contributed by atoms with Gasteiger partial charge in [0.15, 0.2) is 0 Å². The number of fused-ring (bicyclic) bond motifs is 2. The summed E-state index contributed by atoms with van der Waals surface area (Å²) in [6.07, 6.45) is 0.584. The fourth-order valence-corrected chi connectivity index (χ4v) is 4.85. The van der Waals surface area contributed by atoms with E-state index in [4.69, 9.17) is 31.1 Å². The number of rotatable bonds is 6. The zero-order chi connectivity index (χ0) is 26.5. The summed E-state index contributed by atoms with van der Waals surface area (Å²) in [4.78, 5) is 24.6. The second-order valence-corrected chi connectivity index (χ2v) is 9.58. The van der Waals surface area contributed by atoms with Crippen LogP contribution in [0.15, 0.2) is 60.7 Å². The van der Waals surface area contributed by atoms with Gasteiger partial charge in [0.1, 0.15) is 12.4 Å². The Morgan fingerprint density at radius 1 is 0.947 bits per heavy atom. The molecule has 0 saturated carbocycles. The standard InChI is InChI=1S/C29H26ClN3O5/c30-25-10-9-24-23(13-14-32-18-29(24)37-26(34)11-12-27(35)38-29)28(25)33-16-20-5-7-22(8-6-20)36-17-21-3-1-19(15-31)2-4-21/h1-10,32-33H,11-14,16-18H2. The molecule has 0 bridgehead atoms. The van der Waals surface area contributed by atoms with E-state index in [-0.39, 0.29) is 19.4 Å². The van der Waals surface area contributed by atoms with Crippen molar-refractivity contribution >= 4 is 29.2 Å². The number of hydrogen-bond acceptors (Lipinski definition) is 8. The Morgan fingerprint density at radius 3 is 2.32 bits per heavy atom. The van der Waals surface area contributed by atoms with Gasteiger partial charge in [0.2, 0.25) is 0 Å². The maximum absolute atomic E-state index is 12.3. The number of carbonyl (C=O) groups excluding carboxylic acids is 2. The van der Waals surface area contributed by atoms with Crippen LogP contribution < -0.4 is 15.4 Å². The second-order valence-electron chi connectivity index (χ2n) is 9.17. The number of halogens is 1. The summed E-state index contributed by atoms with van der Waals surface area (Å²) in [7, 11) is 0. The zero-order valence-corrected chi connectivity index (χ0v) is 21.3. The van der Waals surface area contributed by atoms with E-state index in [0.29, 0.717) is 48.0 Å². The van der Waals surface area contributed by atoms with Crippen LogP contribution in [0.2, 0.25) is 5.02 Å². The largest absolute Gasteiger partial charge is 0.489 e. The first kappa shape index (κ1) is 25.6. The van der Waals surface area contributed by atoms with E-state index >= 15 is 0 Å². The van der Waals surface area contributed by atoms with Crippen molar-refractivity contribution < 1.29 is 23.8 Å². The topological polar surface area (TPSA) is 110 Å². The van der Waals surface area contributed by atoms with Gasteiger partial charge in [0.25, 0.3) is 5.79 Å². The third-order valence-corrected chi connectivity index (χ3v) is 6.87. The van der Waals surface area contributed by atoms with Gasteiger partial charge in [0.05, 0.1) is 41.7 Å². The molecule has 194 valence electrons. The summed E-state index contributed by atoms with van der Waals surface area (Å²) < 4.78 is 17.3. The van der Waals surface area contributed by atoms with E-state index < -0.39 is 17.7 Å². The molecule has 2 aliphatic rings. The highest BCUT2D eigenvalue weighted by atomic mass is 35.5. The molecule has 2 aliphatic heterocycles. The normalized spacial score (nSPS) is 16.3. The summed E-state index contributed by atoms with van der Waals surface area (Å²) in [6, 6.07) is 20.6. The molecule has 0 radical (unpaired) electrons. The summed E-state index contributed by atoms with van der Waals surface area (Å²) >= 11 is 6.61. The highest BCUT2D eigenvalue weighted by molar-refractivity contribution is 6.33. The maximum Gasteiger partial charge on any atom is 0.309 e. The van der Waals surface area contributed by atoms with Crippen molar-refractivity contribution in [1.82, 2.24) is 5.32 Å². The lowest BCUT2D eigenvalue weighted by Gasteiger charge is -2.32. The van der Waals surface area contributed by atoms with Crippen LogP contribution in [0, 0.1) is 11.3 Å². The van der Waals surface area contributed by atoms with E-state index in [1.165, 1.54) is 0 Å². The van der Waals surface area contributed by atoms with Gasteiger partial charge in [-0.2, -0.15) is 5.26 Å². The van der Waals surface area contributed by atoms with Gasteiger partial charge in [-0.1, -0.05) is 35.9 Å². The fraction of sp³-hybridized carbons (Fsp3) is 0.276. The molecule has 0 unspecified atom stereocenters. The lowest BCUT2D eigenvalue weighted by molar-refractivity contribution is -0.225. The van der Waals surface area contributed by atoms with Crippen molar-refractivity contribution in [3.05, 3.63) is 93.5 Å². The average molecular weight is 532 g/mol. The molecule has 38 heavy (non-hydrogen) atoms. The van der Waals surface area contributed by atoms with Crippen molar-refractivity contribution in [2.24, 2.45) is 0 Å². The van der Waals surface area contributed by atoms with Crippen LogP contribution in [0.25, 0.3) is 0 Å². The van der Waals surface area contributed by atoms with Crippen LogP contribution in [-0.4, -0.2) is 25.0 Å². The smallest absolute Gasteiger partial charge is 0.309 e. The first-order chi connectivity index (χ1) is 18.5. The minimum atomic E-state index is -1.52. The second kappa shape index (κ2) is 11.1. The first-order valence-electron chi connectivity index (χ1n) is 12.4. The molecule has 5 rings (SSSR count). The number of esters is 2. The summed E-state index contributed by atoms with van der Waals surface area (Å²) in [5.74, 6) is -1.74. The predicted molar refractivity (Wildman–Crippen MR) is 140 cm³/mol. The summed E-state index contributed by atoms with van der Waals surface area (Å²) in [6.45, 7) is 1.67. The van der Waals surface area contributed by atoms with Crippen molar-refractivity contribution in [2.45, 2.75) is 38.2 Å². The Balaban J connectivity index is 1.30. The number of ether oxygens (including phenoxy) is 3. The number of benzene rings is 3. The molecule has 0 amide bonds. The molecule has 9 heteroatoms. The molecule has 2 N–H and O–H groups in total. The highest BCUT2D eigenvalue weighted by Gasteiger charge is 2.46. The molecule has 3 aromatic carbocycles. The van der Waals surface area contributed by atoms with Gasteiger partial charge in [-0.3, -0.25) is 9.59 Å². The maximum atomic E-state index is 12.3. The molecule has 0 atom stereocenters. The quantitative estimate of drug-likeness (QED) is 0.445. The molecule has 3 aromatic rings. The van der Waals surface area contributed by atoms with E-state index in [1.54, 1.807) is 24.3 Å². The van der Waals surface area contributed by atoms with Crippen LogP contribution in [0.1, 0.15) is 40.7 Å². The van der Waals surface area contributed by atoms with Gasteiger partial charge in [-0.15, -0.1) is 0 Å². The van der Waals surface area contributed by atoms with E-state index in [1.807, 2.05) is 36.4 Å². The average Bonchev–Trinajstić information content (AvgIpc) is 3.19. The molecule has 1 spiro atoms. The lowest BCUT2D eigenvalue weighted by atomic mass is 9.96. The van der Waals surface area contributed by atoms with Crippen LogP contribution in [-0.2, 0) is 44.4 Å². The number of nitriles is 1. The number of carbonyl (C=O) groups is 2. The summed E-state index contributed by atoms with van der Waals surface area (Å²) in [5, 5.41) is 16.1. The Kier molecular flexibility index (Phi) is 7.50. The monoisotopic (exact) mass is 531 g/mol. The Morgan fingerprint density at radius 2 is 1.63 bits per heavy atom. The lowest BCUT2D eigenvalue weighted by Crippen LogP contribution is -2.43. The molecule has 1 fully saturated rings. The molecular weight excluding hydrogens is 506 g/mol. The molecule has 1 saturated heterocycles. The number of hydrogen-bond donors (Lipinski definition) is 2. The van der Waals surface area contributed by atoms with Crippen LogP contribution >= 0.6 is 11.6 Å². The third-order valence-electron chi connectivity index (χ3n) is 6.55. The molecule has 0 aliphatic carbocycles. The third kappa shape index (κ3) is 5.59.